The minimum Gasteiger partial charge on any atom is 0.0375 e. The maximum absolute atomic E-state index is 8.87. The van der Waals surface area contributed by atoms with Crippen LogP contribution in [-0.4, -0.2) is 6.21 Å². The van der Waals surface area contributed by atoms with E-state index in [9.17, 15) is 0 Å². The van der Waals surface area contributed by atoms with Crippen molar-refractivity contribution in [3.8, 4) is 0 Å². The van der Waals surface area contributed by atoms with Crippen LogP contribution in [0.1, 0.15) is 6.92 Å². The minimum absolute atomic E-state index is 1.19. The second-order valence-corrected chi connectivity index (χ2v) is 0.364. The van der Waals surface area contributed by atoms with Crippen molar-refractivity contribution in [2.45, 2.75) is 6.92 Å². The van der Waals surface area contributed by atoms with Gasteiger partial charge in [0, 0.05) is 6.92 Å². The van der Waals surface area contributed by atoms with Crippen LogP contribution in [0.3, 0.4) is 0 Å². The van der Waals surface area contributed by atoms with Crippen LogP contribution < -0.4 is 4.85 Å². The lowest BCUT2D eigenvalue weighted by molar-refractivity contribution is 1.62. The van der Waals surface area contributed by atoms with Gasteiger partial charge in [-0.3, -0.25) is 0 Å². The van der Waals surface area contributed by atoms with Gasteiger partial charge in [0.15, 0.2) is 4.91 Å². The largest absolute Gasteiger partial charge is 0.335 e. The second kappa shape index (κ2) is 2.38. The van der Waals surface area contributed by atoms with Gasteiger partial charge < -0.3 is 0 Å². The van der Waals surface area contributed by atoms with E-state index in [2.05, 4.69) is 4.85 Å². The van der Waals surface area contributed by atoms with Crippen LogP contribution in [0.25, 0.3) is 0 Å². The molecule has 0 amide bonds. The molecule has 0 aliphatic carbocycles. The highest BCUT2D eigenvalue weighted by atomic mass is 16.2. The summed E-state index contributed by atoms with van der Waals surface area (Å²) < 4.78 is 0. The summed E-state index contributed by atoms with van der Waals surface area (Å²) in [6, 6.07) is 0. The molecule has 0 aliphatic rings. The lowest BCUT2D eigenvalue weighted by Gasteiger charge is -1.10. The molecule has 0 radical (unpaired) electrons. The van der Waals surface area contributed by atoms with Crippen molar-refractivity contribution < 1.29 is 0 Å². The van der Waals surface area contributed by atoms with Crippen molar-refractivity contribution in [2.24, 2.45) is 0 Å². The van der Waals surface area contributed by atoms with E-state index in [1.54, 1.807) is 6.92 Å². The Balaban J connectivity index is 3.11. The third-order valence-electron chi connectivity index (χ3n) is 0.105. The monoisotopic (exact) mass is 58.0 g/mol. The standard InChI is InChI=1S/C2H4NO/c1-2-3-4/h2H,1H3/q+1. The fraction of sp³-hybridized carbons (Fsp3) is 0.500. The van der Waals surface area contributed by atoms with E-state index < -0.39 is 0 Å². The molecule has 0 fully saturated rings. The minimum atomic E-state index is 1.19. The van der Waals surface area contributed by atoms with Crippen molar-refractivity contribution in [1.29, 1.82) is 0 Å². The van der Waals surface area contributed by atoms with Gasteiger partial charge >= 0.3 is 6.21 Å². The fourth-order valence-corrected chi connectivity index (χ4v) is 0. The normalized spacial score (nSPS) is 4.25. The van der Waals surface area contributed by atoms with Crippen molar-refractivity contribution in [2.75, 3.05) is 0 Å². The van der Waals surface area contributed by atoms with Crippen LogP contribution in [0, 0.1) is 4.91 Å². The Labute approximate surface area is 24.1 Å². The molecule has 2 nitrogen and oxygen atoms in total. The highest BCUT2D eigenvalue weighted by Crippen LogP contribution is 1.15. The Hall–Kier alpha value is -0.620. The van der Waals surface area contributed by atoms with Crippen molar-refractivity contribution in [3.63, 3.8) is 0 Å². The third-order valence-corrected chi connectivity index (χ3v) is 0.105. The number of hydrogen-bond donors (Lipinski definition) is 0. The average Bonchev–Trinajstić information content (AvgIpc) is 1.37. The number of nitroso groups, excluding NO2 is 1. The molecule has 0 heterocycles. The van der Waals surface area contributed by atoms with Crippen molar-refractivity contribution in [3.05, 3.63) is 4.91 Å². The van der Waals surface area contributed by atoms with Crippen molar-refractivity contribution >= 4 is 6.21 Å². The molecule has 0 N–H and O–H groups in total. The number of rotatable bonds is 0. The molecule has 0 aromatic heterocycles. The van der Waals surface area contributed by atoms with Gasteiger partial charge in [-0.05, 0) is 0 Å². The molecular formula is C2H4NO+. The Morgan fingerprint density at radius 2 is 2.25 bits per heavy atom. The Kier molecular flexibility index (Phi) is 2.01. The van der Waals surface area contributed by atoms with E-state index in [4.69, 9.17) is 4.91 Å². The average molecular weight is 58.1 g/mol. The Morgan fingerprint density at radius 1 is 2.00 bits per heavy atom. The first kappa shape index (κ1) is 3.38. The van der Waals surface area contributed by atoms with E-state index >= 15 is 0 Å². The van der Waals surface area contributed by atoms with Gasteiger partial charge in [-0.1, -0.05) is 0 Å². The van der Waals surface area contributed by atoms with Crippen LogP contribution >= 0.6 is 0 Å². The first-order chi connectivity index (χ1) is 1.91. The first-order valence-corrected chi connectivity index (χ1v) is 1.02. The predicted octanol–water partition coefficient (Wildman–Crippen LogP) is -0.0893. The summed E-state index contributed by atoms with van der Waals surface area (Å²) in [5, 5.41) is 0. The summed E-state index contributed by atoms with van der Waals surface area (Å²) >= 11 is 0. The molecule has 0 unspecified atom stereocenters. The zero-order valence-corrected chi connectivity index (χ0v) is 2.43. The van der Waals surface area contributed by atoms with Crippen LogP contribution in [0.4, 0.5) is 0 Å². The highest BCUT2D eigenvalue weighted by molar-refractivity contribution is 5.50. The van der Waals surface area contributed by atoms with E-state index in [0.717, 1.165) is 0 Å². The molecule has 0 saturated heterocycles. The zero-order valence-electron chi connectivity index (χ0n) is 2.43. The summed E-state index contributed by atoms with van der Waals surface area (Å²) in [5.74, 6) is 0. The van der Waals surface area contributed by atoms with Gasteiger partial charge in [0.25, 0.3) is 0 Å². The zero-order chi connectivity index (χ0) is 3.41. The Bertz CT molecular complexity index is 44.0. The second-order valence-electron chi connectivity index (χ2n) is 0.364. The summed E-state index contributed by atoms with van der Waals surface area (Å²) in [4.78, 5) is 11.2. The van der Waals surface area contributed by atoms with Crippen LogP contribution in [0.15, 0.2) is 0 Å². The lowest BCUT2D eigenvalue weighted by atomic mass is 10.9. The Morgan fingerprint density at radius 3 is 2.25 bits per heavy atom. The van der Waals surface area contributed by atoms with Gasteiger partial charge in [0.2, 0.25) is 4.85 Å². The summed E-state index contributed by atoms with van der Waals surface area (Å²) in [6.07, 6.45) is 1.19. The van der Waals surface area contributed by atoms with Crippen LogP contribution in [-0.2, 0) is 0 Å². The first-order valence-electron chi connectivity index (χ1n) is 1.02. The molecule has 0 aliphatic heterocycles. The van der Waals surface area contributed by atoms with E-state index in [-0.39, 0.29) is 0 Å². The molecule has 0 saturated carbocycles. The molecule has 4 heavy (non-hydrogen) atoms. The van der Waals surface area contributed by atoms with Crippen molar-refractivity contribution in [1.82, 2.24) is 4.85 Å². The quantitative estimate of drug-likeness (QED) is 0.283. The van der Waals surface area contributed by atoms with E-state index in [0.29, 0.717) is 0 Å². The molecule has 0 atom stereocenters. The summed E-state index contributed by atoms with van der Waals surface area (Å²) in [5.41, 5.74) is 0. The third kappa shape index (κ3) is 1.38. The highest BCUT2D eigenvalue weighted by Gasteiger charge is 1.53. The van der Waals surface area contributed by atoms with E-state index in [1.165, 1.54) is 6.21 Å². The molecule has 0 rings (SSSR count). The van der Waals surface area contributed by atoms with Crippen LogP contribution in [0.2, 0.25) is 0 Å². The molecule has 0 aromatic carbocycles. The smallest absolute Gasteiger partial charge is 0.0375 e. The van der Waals surface area contributed by atoms with Gasteiger partial charge in [-0.2, -0.15) is 0 Å². The SMILES string of the molecule is CC=[N+]=O. The molecular weight excluding hydrogens is 54.0 g/mol. The lowest BCUT2D eigenvalue weighted by Crippen LogP contribution is -1.54. The van der Waals surface area contributed by atoms with Crippen LogP contribution in [0.5, 0.6) is 0 Å². The van der Waals surface area contributed by atoms with Gasteiger partial charge in [-0.25, -0.2) is 0 Å². The molecule has 0 spiro atoms. The van der Waals surface area contributed by atoms with Gasteiger partial charge in [0.05, 0.1) is 0 Å². The topological polar surface area (TPSA) is 31.2 Å². The maximum atomic E-state index is 8.87. The van der Waals surface area contributed by atoms with E-state index in [1.807, 2.05) is 0 Å². The maximum Gasteiger partial charge on any atom is 0.335 e. The summed E-state index contributed by atoms with van der Waals surface area (Å²) in [6.45, 7) is 1.58. The number of nitrogens with zero attached hydrogens (tertiary/aromatic N) is 1. The molecule has 2 heteroatoms. The van der Waals surface area contributed by atoms with Gasteiger partial charge in [0.1, 0.15) is 0 Å². The molecule has 22 valence electrons. The molecule has 0 aromatic rings. The fourth-order valence-electron chi connectivity index (χ4n) is 0. The molecule has 0 bridgehead atoms. The number of hydrogen-bond acceptors (Lipinski definition) is 1. The van der Waals surface area contributed by atoms with Gasteiger partial charge in [-0.15, -0.1) is 0 Å². The predicted molar refractivity (Wildman–Crippen MR) is 17.2 cm³/mol. The summed E-state index contributed by atoms with van der Waals surface area (Å²) in [7, 11) is 0.